The number of hydrogen-bond donors (Lipinski definition) is 0. The van der Waals surface area contributed by atoms with Crippen molar-refractivity contribution in [3.63, 3.8) is 0 Å². The largest absolute Gasteiger partial charge is 0.492 e. The van der Waals surface area contributed by atoms with Crippen LogP contribution in [-0.2, 0) is 4.79 Å². The first-order valence-electron chi connectivity index (χ1n) is 6.22. The minimum absolute atomic E-state index is 0.0123. The number of para-hydroxylation sites is 1. The van der Waals surface area contributed by atoms with Gasteiger partial charge >= 0.3 is 0 Å². The molecule has 2 heterocycles. The Morgan fingerprint density at radius 1 is 1.42 bits per heavy atom. The van der Waals surface area contributed by atoms with Gasteiger partial charge in [0.2, 0.25) is 5.89 Å². The molecule has 2 aromatic rings. The minimum Gasteiger partial charge on any atom is -0.492 e. The Morgan fingerprint density at radius 3 is 3.00 bits per heavy atom. The number of aromatic nitrogens is 2. The first-order valence-corrected chi connectivity index (χ1v) is 6.22. The normalized spacial score (nSPS) is 18.7. The average molecular weight is 258 g/mol. The highest BCUT2D eigenvalue weighted by Gasteiger charge is 2.30. The highest BCUT2D eigenvalue weighted by Crippen LogP contribution is 2.36. The second-order valence-corrected chi connectivity index (χ2v) is 4.72. The summed E-state index contributed by atoms with van der Waals surface area (Å²) in [4.78, 5) is 15.7. The van der Waals surface area contributed by atoms with Gasteiger partial charge in [-0.05, 0) is 19.9 Å². The Morgan fingerprint density at radius 2 is 2.21 bits per heavy atom. The molecule has 0 N–H and O–H groups in total. The summed E-state index contributed by atoms with van der Waals surface area (Å²) in [7, 11) is 0. The predicted octanol–water partition coefficient (Wildman–Crippen LogP) is 2.29. The maximum atomic E-state index is 11.3. The number of carbonyl (C=O) groups is 1. The summed E-state index contributed by atoms with van der Waals surface area (Å²) in [5.41, 5.74) is 1.06. The van der Waals surface area contributed by atoms with Crippen LogP contribution in [0.1, 0.15) is 43.0 Å². The maximum Gasteiger partial charge on any atom is 0.236 e. The lowest BCUT2D eigenvalue weighted by molar-refractivity contribution is -0.118. The van der Waals surface area contributed by atoms with E-state index in [0.717, 1.165) is 11.3 Å². The van der Waals surface area contributed by atoms with Crippen LogP contribution in [-0.4, -0.2) is 22.5 Å². The van der Waals surface area contributed by atoms with E-state index >= 15 is 0 Å². The zero-order valence-corrected chi connectivity index (χ0v) is 10.8. The van der Waals surface area contributed by atoms with E-state index in [-0.39, 0.29) is 17.6 Å². The second-order valence-electron chi connectivity index (χ2n) is 4.72. The second kappa shape index (κ2) is 4.50. The number of Topliss-reactive ketones (excluding diaryl/α,β-unsaturated/α-hetero) is 1. The number of hydrogen-bond acceptors (Lipinski definition) is 5. The SMILES string of the molecule is CC(=O)C(C)c1nc(C2COc3ccccc32)no1. The summed E-state index contributed by atoms with van der Waals surface area (Å²) in [6, 6.07) is 7.81. The molecule has 1 aromatic heterocycles. The molecule has 19 heavy (non-hydrogen) atoms. The van der Waals surface area contributed by atoms with Crippen molar-refractivity contribution in [3.8, 4) is 5.75 Å². The van der Waals surface area contributed by atoms with Crippen LogP contribution in [0.4, 0.5) is 0 Å². The van der Waals surface area contributed by atoms with Crippen molar-refractivity contribution in [1.82, 2.24) is 10.1 Å². The smallest absolute Gasteiger partial charge is 0.236 e. The van der Waals surface area contributed by atoms with E-state index < -0.39 is 0 Å². The molecule has 0 aliphatic carbocycles. The molecule has 98 valence electrons. The van der Waals surface area contributed by atoms with Crippen molar-refractivity contribution in [3.05, 3.63) is 41.5 Å². The van der Waals surface area contributed by atoms with Gasteiger partial charge < -0.3 is 9.26 Å². The number of benzene rings is 1. The summed E-state index contributed by atoms with van der Waals surface area (Å²) < 4.78 is 10.8. The van der Waals surface area contributed by atoms with E-state index in [1.165, 1.54) is 6.92 Å². The summed E-state index contributed by atoms with van der Waals surface area (Å²) in [5.74, 6) is 1.43. The molecule has 2 atom stereocenters. The van der Waals surface area contributed by atoms with E-state index in [9.17, 15) is 4.79 Å². The molecule has 0 bridgehead atoms. The van der Waals surface area contributed by atoms with E-state index in [4.69, 9.17) is 9.26 Å². The molecule has 0 fully saturated rings. The van der Waals surface area contributed by atoms with Gasteiger partial charge in [0, 0.05) is 5.56 Å². The van der Waals surface area contributed by atoms with Crippen LogP contribution < -0.4 is 4.74 Å². The molecule has 0 radical (unpaired) electrons. The Labute approximate surface area is 110 Å². The fourth-order valence-corrected chi connectivity index (χ4v) is 2.11. The van der Waals surface area contributed by atoms with Crippen LogP contribution in [0, 0.1) is 0 Å². The molecule has 1 aliphatic rings. The van der Waals surface area contributed by atoms with Crippen molar-refractivity contribution in [1.29, 1.82) is 0 Å². The topological polar surface area (TPSA) is 65.2 Å². The lowest BCUT2D eigenvalue weighted by atomic mass is 10.0. The zero-order valence-electron chi connectivity index (χ0n) is 10.8. The molecule has 5 heteroatoms. The van der Waals surface area contributed by atoms with Crippen molar-refractivity contribution in [2.75, 3.05) is 6.61 Å². The van der Waals surface area contributed by atoms with Crippen molar-refractivity contribution in [2.24, 2.45) is 0 Å². The third kappa shape index (κ3) is 2.01. The number of ketones is 1. The Kier molecular flexibility index (Phi) is 2.81. The number of carbonyl (C=O) groups excluding carboxylic acids is 1. The van der Waals surface area contributed by atoms with Gasteiger partial charge in [0.1, 0.15) is 18.1 Å². The fraction of sp³-hybridized carbons (Fsp3) is 0.357. The zero-order chi connectivity index (χ0) is 13.4. The molecule has 0 spiro atoms. The standard InChI is InChI=1S/C14H14N2O3/c1-8(9(2)17)14-15-13(16-19-14)11-7-18-12-6-4-3-5-10(11)12/h3-6,8,11H,7H2,1-2H3. The van der Waals surface area contributed by atoms with E-state index in [1.807, 2.05) is 24.3 Å². The van der Waals surface area contributed by atoms with Gasteiger partial charge in [-0.15, -0.1) is 0 Å². The summed E-state index contributed by atoms with van der Waals surface area (Å²) in [6.45, 7) is 3.79. The fourth-order valence-electron chi connectivity index (χ4n) is 2.11. The third-order valence-electron chi connectivity index (χ3n) is 3.45. The number of rotatable bonds is 3. The first kappa shape index (κ1) is 11.9. The number of nitrogens with zero attached hydrogens (tertiary/aromatic N) is 2. The van der Waals surface area contributed by atoms with Crippen LogP contribution in [0.3, 0.4) is 0 Å². The van der Waals surface area contributed by atoms with Gasteiger partial charge in [0.15, 0.2) is 5.82 Å². The highest BCUT2D eigenvalue weighted by atomic mass is 16.5. The molecular formula is C14H14N2O3. The summed E-state index contributed by atoms with van der Waals surface area (Å²) >= 11 is 0. The molecule has 0 saturated carbocycles. The number of ether oxygens (including phenoxy) is 1. The molecule has 0 saturated heterocycles. The summed E-state index contributed by atoms with van der Waals surface area (Å²) in [5, 5.41) is 3.98. The first-order chi connectivity index (χ1) is 9.16. The van der Waals surface area contributed by atoms with Crippen LogP contribution >= 0.6 is 0 Å². The lowest BCUT2D eigenvalue weighted by Gasteiger charge is -2.02. The van der Waals surface area contributed by atoms with E-state index in [0.29, 0.717) is 18.3 Å². The van der Waals surface area contributed by atoms with Crippen LogP contribution in [0.15, 0.2) is 28.8 Å². The molecule has 1 aromatic carbocycles. The quantitative estimate of drug-likeness (QED) is 0.845. The highest BCUT2D eigenvalue weighted by molar-refractivity contribution is 5.81. The molecular weight excluding hydrogens is 244 g/mol. The van der Waals surface area contributed by atoms with Gasteiger partial charge in [-0.1, -0.05) is 23.4 Å². The van der Waals surface area contributed by atoms with Crippen LogP contribution in [0.25, 0.3) is 0 Å². The van der Waals surface area contributed by atoms with E-state index in [2.05, 4.69) is 10.1 Å². The predicted molar refractivity (Wildman–Crippen MR) is 67.2 cm³/mol. The average Bonchev–Trinajstić information content (AvgIpc) is 3.03. The van der Waals surface area contributed by atoms with Gasteiger partial charge in [0.05, 0.1) is 11.8 Å². The van der Waals surface area contributed by atoms with E-state index in [1.54, 1.807) is 6.92 Å². The molecule has 1 aliphatic heterocycles. The molecule has 0 amide bonds. The summed E-state index contributed by atoms with van der Waals surface area (Å²) in [6.07, 6.45) is 0. The molecule has 5 nitrogen and oxygen atoms in total. The van der Waals surface area contributed by atoms with Gasteiger partial charge in [0.25, 0.3) is 0 Å². The Hall–Kier alpha value is -2.17. The number of fused-ring (bicyclic) bond motifs is 1. The Balaban J connectivity index is 1.91. The monoisotopic (exact) mass is 258 g/mol. The van der Waals surface area contributed by atoms with Gasteiger partial charge in [-0.25, -0.2) is 0 Å². The van der Waals surface area contributed by atoms with Crippen molar-refractivity contribution >= 4 is 5.78 Å². The Bertz CT molecular complexity index is 621. The lowest BCUT2D eigenvalue weighted by Crippen LogP contribution is -2.07. The molecule has 3 rings (SSSR count). The maximum absolute atomic E-state index is 11.3. The minimum atomic E-state index is -0.362. The molecule has 2 unspecified atom stereocenters. The van der Waals surface area contributed by atoms with Gasteiger partial charge in [-0.2, -0.15) is 4.98 Å². The van der Waals surface area contributed by atoms with Gasteiger partial charge in [-0.3, -0.25) is 4.79 Å². The van der Waals surface area contributed by atoms with Crippen molar-refractivity contribution in [2.45, 2.75) is 25.7 Å². The third-order valence-corrected chi connectivity index (χ3v) is 3.45. The van der Waals surface area contributed by atoms with Crippen molar-refractivity contribution < 1.29 is 14.1 Å². The van der Waals surface area contributed by atoms with Crippen LogP contribution in [0.2, 0.25) is 0 Å². The van der Waals surface area contributed by atoms with Crippen LogP contribution in [0.5, 0.6) is 5.75 Å².